The van der Waals surface area contributed by atoms with Crippen LogP contribution in [-0.4, -0.2) is 12.8 Å². The minimum Gasteiger partial charge on any atom is -0.493 e. The Morgan fingerprint density at radius 3 is 2.48 bits per heavy atom. The third-order valence-electron chi connectivity index (χ3n) is 5.78. The Hall–Kier alpha value is -2.35. The van der Waals surface area contributed by atoms with Gasteiger partial charge in [0.15, 0.2) is 0 Å². The standard InChI is InChI=1S/C25H29NO/c1-2-7-21(6-1)18-22-13-11-20(12-14-22)15-17-27-25-10-4-3-9-24(25)23-8-5-16-26-19-23/h3-4,9-14,16,19,21H,1-2,5-8,15,17-18H2. The molecule has 0 spiro atoms. The lowest BCUT2D eigenvalue weighted by Crippen LogP contribution is -2.04. The maximum Gasteiger partial charge on any atom is 0.126 e. The van der Waals surface area contributed by atoms with Crippen LogP contribution >= 0.6 is 0 Å². The molecule has 0 radical (unpaired) electrons. The van der Waals surface area contributed by atoms with E-state index in [-0.39, 0.29) is 0 Å². The fourth-order valence-corrected chi connectivity index (χ4v) is 4.23. The van der Waals surface area contributed by atoms with Crippen molar-refractivity contribution in [1.29, 1.82) is 0 Å². The van der Waals surface area contributed by atoms with Crippen LogP contribution in [0.25, 0.3) is 5.57 Å². The van der Waals surface area contributed by atoms with Gasteiger partial charge in [0, 0.05) is 24.4 Å². The average Bonchev–Trinajstić information content (AvgIpc) is 3.23. The molecule has 2 heteroatoms. The van der Waals surface area contributed by atoms with Gasteiger partial charge in [-0.2, -0.15) is 0 Å². The number of nitrogens with zero attached hydrogens (tertiary/aromatic N) is 1. The first kappa shape index (κ1) is 18.0. The zero-order chi connectivity index (χ0) is 18.3. The van der Waals surface area contributed by atoms with Crippen LogP contribution in [0.15, 0.2) is 59.7 Å². The molecule has 0 N–H and O–H groups in total. The van der Waals surface area contributed by atoms with Crippen LogP contribution in [0.3, 0.4) is 0 Å². The number of rotatable bonds is 7. The highest BCUT2D eigenvalue weighted by Gasteiger charge is 2.15. The van der Waals surface area contributed by atoms with Crippen molar-refractivity contribution in [2.24, 2.45) is 10.9 Å². The highest BCUT2D eigenvalue weighted by atomic mass is 16.5. The molecule has 0 bridgehead atoms. The lowest BCUT2D eigenvalue weighted by molar-refractivity contribution is 0.321. The summed E-state index contributed by atoms with van der Waals surface area (Å²) in [6.07, 6.45) is 13.8. The van der Waals surface area contributed by atoms with Crippen LogP contribution in [0.4, 0.5) is 0 Å². The summed E-state index contributed by atoms with van der Waals surface area (Å²) < 4.78 is 6.14. The summed E-state index contributed by atoms with van der Waals surface area (Å²) in [6, 6.07) is 17.5. The second kappa shape index (κ2) is 9.03. The maximum atomic E-state index is 6.14. The smallest absolute Gasteiger partial charge is 0.126 e. The molecule has 140 valence electrons. The summed E-state index contributed by atoms with van der Waals surface area (Å²) in [4.78, 5) is 4.31. The quantitative estimate of drug-likeness (QED) is 0.573. The number of aliphatic imine (C=N–C) groups is 1. The molecule has 2 aromatic rings. The number of hydrogen-bond donors (Lipinski definition) is 0. The molecule has 2 nitrogen and oxygen atoms in total. The lowest BCUT2D eigenvalue weighted by atomic mass is 9.97. The molecule has 0 aromatic heterocycles. The topological polar surface area (TPSA) is 21.6 Å². The van der Waals surface area contributed by atoms with Gasteiger partial charge < -0.3 is 4.74 Å². The van der Waals surface area contributed by atoms with Gasteiger partial charge >= 0.3 is 0 Å². The fraction of sp³-hybridized carbons (Fsp3) is 0.400. The highest BCUT2D eigenvalue weighted by molar-refractivity contribution is 5.76. The molecular formula is C25H29NO. The van der Waals surface area contributed by atoms with E-state index >= 15 is 0 Å². The summed E-state index contributed by atoms with van der Waals surface area (Å²) in [5, 5.41) is 0. The van der Waals surface area contributed by atoms with E-state index in [0.29, 0.717) is 6.61 Å². The first-order valence-electron chi connectivity index (χ1n) is 10.4. The van der Waals surface area contributed by atoms with E-state index in [0.717, 1.165) is 30.9 Å². The normalized spacial score (nSPS) is 17.1. The van der Waals surface area contributed by atoms with Gasteiger partial charge in [-0.25, -0.2) is 0 Å². The predicted molar refractivity (Wildman–Crippen MR) is 113 cm³/mol. The molecule has 0 unspecified atom stereocenters. The molecular weight excluding hydrogens is 330 g/mol. The third-order valence-corrected chi connectivity index (χ3v) is 5.78. The number of ether oxygens (including phenoxy) is 1. The molecule has 0 saturated heterocycles. The molecule has 0 amide bonds. The van der Waals surface area contributed by atoms with Crippen molar-refractivity contribution in [2.75, 3.05) is 6.61 Å². The molecule has 1 aliphatic heterocycles. The van der Waals surface area contributed by atoms with Gasteiger partial charge in [0.2, 0.25) is 0 Å². The molecule has 4 rings (SSSR count). The molecule has 1 aliphatic carbocycles. The highest BCUT2D eigenvalue weighted by Crippen LogP contribution is 2.30. The summed E-state index contributed by atoms with van der Waals surface area (Å²) in [5.74, 6) is 1.88. The Bertz CT molecular complexity index is 797. The summed E-state index contributed by atoms with van der Waals surface area (Å²) >= 11 is 0. The van der Waals surface area contributed by atoms with Crippen LogP contribution in [0.1, 0.15) is 55.2 Å². The average molecular weight is 360 g/mol. The zero-order valence-corrected chi connectivity index (χ0v) is 16.1. The van der Waals surface area contributed by atoms with Crippen molar-refractivity contribution in [2.45, 2.75) is 51.4 Å². The number of allylic oxidation sites excluding steroid dienone is 1. The van der Waals surface area contributed by atoms with Gasteiger partial charge in [-0.1, -0.05) is 68.1 Å². The van der Waals surface area contributed by atoms with Crippen molar-refractivity contribution >= 4 is 11.8 Å². The Morgan fingerprint density at radius 2 is 1.70 bits per heavy atom. The molecule has 0 atom stereocenters. The van der Waals surface area contributed by atoms with Crippen molar-refractivity contribution < 1.29 is 4.74 Å². The molecule has 27 heavy (non-hydrogen) atoms. The van der Waals surface area contributed by atoms with Crippen molar-refractivity contribution in [3.05, 3.63) is 71.4 Å². The van der Waals surface area contributed by atoms with E-state index in [1.54, 1.807) is 0 Å². The van der Waals surface area contributed by atoms with E-state index in [1.165, 1.54) is 54.4 Å². The SMILES string of the molecule is C1=NC=C(c2ccccc2OCCc2ccc(CC3CCCC3)cc2)CC1. The largest absolute Gasteiger partial charge is 0.493 e. The van der Waals surface area contributed by atoms with Crippen LogP contribution < -0.4 is 4.74 Å². The molecule has 1 fully saturated rings. The minimum atomic E-state index is 0.704. The van der Waals surface area contributed by atoms with Crippen LogP contribution in [0.5, 0.6) is 5.75 Å². The van der Waals surface area contributed by atoms with Gasteiger partial charge in [0.05, 0.1) is 6.61 Å². The van der Waals surface area contributed by atoms with E-state index in [4.69, 9.17) is 4.74 Å². The first-order valence-corrected chi connectivity index (χ1v) is 10.4. The lowest BCUT2D eigenvalue weighted by Gasteiger charge is -2.15. The monoisotopic (exact) mass is 359 g/mol. The molecule has 2 aromatic carbocycles. The van der Waals surface area contributed by atoms with E-state index < -0.39 is 0 Å². The van der Waals surface area contributed by atoms with E-state index in [2.05, 4.69) is 47.5 Å². The summed E-state index contributed by atoms with van der Waals surface area (Å²) in [7, 11) is 0. The molecule has 1 saturated carbocycles. The van der Waals surface area contributed by atoms with Crippen LogP contribution in [0, 0.1) is 5.92 Å². The summed E-state index contributed by atoms with van der Waals surface area (Å²) in [5.41, 5.74) is 5.29. The van der Waals surface area contributed by atoms with Gasteiger partial charge in [-0.15, -0.1) is 0 Å². The number of para-hydroxylation sites is 1. The zero-order valence-electron chi connectivity index (χ0n) is 16.1. The Balaban J connectivity index is 1.32. The Morgan fingerprint density at radius 1 is 0.926 bits per heavy atom. The molecule has 2 aliphatic rings. The van der Waals surface area contributed by atoms with Crippen LogP contribution in [0.2, 0.25) is 0 Å². The first-order chi connectivity index (χ1) is 13.4. The van der Waals surface area contributed by atoms with Crippen LogP contribution in [-0.2, 0) is 12.8 Å². The second-order valence-electron chi connectivity index (χ2n) is 7.79. The van der Waals surface area contributed by atoms with E-state index in [9.17, 15) is 0 Å². The third kappa shape index (κ3) is 4.88. The second-order valence-corrected chi connectivity index (χ2v) is 7.79. The summed E-state index contributed by atoms with van der Waals surface area (Å²) in [6.45, 7) is 0.704. The van der Waals surface area contributed by atoms with Gasteiger partial charge in [-0.3, -0.25) is 4.99 Å². The van der Waals surface area contributed by atoms with Crippen molar-refractivity contribution in [1.82, 2.24) is 0 Å². The van der Waals surface area contributed by atoms with Crippen molar-refractivity contribution in [3.63, 3.8) is 0 Å². The van der Waals surface area contributed by atoms with Crippen molar-refractivity contribution in [3.8, 4) is 5.75 Å². The maximum absolute atomic E-state index is 6.14. The molecule has 1 heterocycles. The number of hydrogen-bond acceptors (Lipinski definition) is 2. The Kier molecular flexibility index (Phi) is 6.03. The predicted octanol–water partition coefficient (Wildman–Crippen LogP) is 6.25. The van der Waals surface area contributed by atoms with Gasteiger partial charge in [0.1, 0.15) is 5.75 Å². The van der Waals surface area contributed by atoms with E-state index in [1.807, 2.05) is 18.5 Å². The van der Waals surface area contributed by atoms with Gasteiger partial charge in [-0.05, 0) is 47.9 Å². The fourth-order valence-electron chi connectivity index (χ4n) is 4.23. The van der Waals surface area contributed by atoms with Gasteiger partial charge in [0.25, 0.3) is 0 Å². The Labute approximate surface area is 163 Å². The number of benzene rings is 2. The minimum absolute atomic E-state index is 0.704.